The summed E-state index contributed by atoms with van der Waals surface area (Å²) < 4.78 is 4.91. The number of furan rings is 1. The lowest BCUT2D eigenvalue weighted by molar-refractivity contribution is 0.321. The van der Waals surface area contributed by atoms with Crippen LogP contribution in [0.4, 0.5) is 0 Å². The van der Waals surface area contributed by atoms with Gasteiger partial charge in [0.05, 0.1) is 12.5 Å². The Hall–Kier alpha value is -1.25. The summed E-state index contributed by atoms with van der Waals surface area (Å²) in [6.07, 6.45) is 2.88. The third-order valence-corrected chi connectivity index (χ3v) is 1.10. The number of rotatable bonds is 1. The van der Waals surface area contributed by atoms with Crippen molar-refractivity contribution in [1.82, 2.24) is 0 Å². The Labute approximate surface area is 52.6 Å². The molecule has 0 bridgehead atoms. The van der Waals surface area contributed by atoms with Crippen LogP contribution in [0.25, 0.3) is 0 Å². The molecule has 0 fully saturated rings. The van der Waals surface area contributed by atoms with E-state index in [2.05, 4.69) is 5.16 Å². The molecule has 0 aliphatic carbocycles. The molecule has 0 amide bonds. The van der Waals surface area contributed by atoms with E-state index in [1.807, 2.05) is 0 Å². The Morgan fingerprint density at radius 3 is 3.00 bits per heavy atom. The summed E-state index contributed by atoms with van der Waals surface area (Å²) in [5, 5.41) is 10.9. The van der Waals surface area contributed by atoms with Crippen molar-refractivity contribution in [1.29, 1.82) is 0 Å². The minimum absolute atomic E-state index is 0.757. The Kier molecular flexibility index (Phi) is 1.53. The summed E-state index contributed by atoms with van der Waals surface area (Å²) in [7, 11) is 0. The van der Waals surface area contributed by atoms with Gasteiger partial charge in [-0.15, -0.1) is 0 Å². The number of nitrogens with zero attached hydrogens (tertiary/aromatic N) is 1. The van der Waals surface area contributed by atoms with Crippen molar-refractivity contribution in [2.24, 2.45) is 5.16 Å². The van der Waals surface area contributed by atoms with Gasteiger partial charge in [-0.1, -0.05) is 5.16 Å². The molecule has 1 rings (SSSR count). The molecule has 1 heterocycles. The summed E-state index contributed by atoms with van der Waals surface area (Å²) in [6.45, 7) is 1.80. The van der Waals surface area contributed by atoms with E-state index in [1.54, 1.807) is 19.3 Å². The number of aryl methyl sites for hydroxylation is 1. The first-order valence-electron chi connectivity index (χ1n) is 2.56. The molecule has 9 heavy (non-hydrogen) atoms. The van der Waals surface area contributed by atoms with E-state index in [0.717, 1.165) is 11.3 Å². The van der Waals surface area contributed by atoms with Crippen molar-refractivity contribution in [3.63, 3.8) is 0 Å². The van der Waals surface area contributed by atoms with Gasteiger partial charge in [0.25, 0.3) is 0 Å². The van der Waals surface area contributed by atoms with E-state index in [9.17, 15) is 0 Å². The average molecular weight is 125 g/mol. The van der Waals surface area contributed by atoms with E-state index in [1.165, 1.54) is 6.21 Å². The van der Waals surface area contributed by atoms with E-state index in [-0.39, 0.29) is 0 Å². The number of hydrogen-bond acceptors (Lipinski definition) is 3. The highest BCUT2D eigenvalue weighted by Gasteiger charge is 1.94. The summed E-state index contributed by atoms with van der Waals surface area (Å²) in [5.41, 5.74) is 0.803. The van der Waals surface area contributed by atoms with Crippen LogP contribution in [0.5, 0.6) is 0 Å². The minimum atomic E-state index is 0.757. The average Bonchev–Trinajstić information content (AvgIpc) is 2.18. The van der Waals surface area contributed by atoms with Gasteiger partial charge >= 0.3 is 0 Å². The van der Waals surface area contributed by atoms with Crippen LogP contribution in [0.1, 0.15) is 11.3 Å². The van der Waals surface area contributed by atoms with Crippen LogP contribution in [0.2, 0.25) is 0 Å². The second-order valence-corrected chi connectivity index (χ2v) is 1.68. The summed E-state index contributed by atoms with van der Waals surface area (Å²) in [4.78, 5) is 0. The SMILES string of the molecule is Cc1occc1/C=N/O. The zero-order valence-electron chi connectivity index (χ0n) is 5.03. The van der Waals surface area contributed by atoms with Crippen LogP contribution in [0.15, 0.2) is 21.9 Å². The molecule has 1 aromatic heterocycles. The Bertz CT molecular complexity index is 215. The maximum Gasteiger partial charge on any atom is 0.109 e. The zero-order chi connectivity index (χ0) is 6.69. The van der Waals surface area contributed by atoms with Gasteiger partial charge in [0.2, 0.25) is 0 Å². The molecule has 1 N–H and O–H groups in total. The van der Waals surface area contributed by atoms with Gasteiger partial charge in [0.1, 0.15) is 5.76 Å². The molecule has 0 unspecified atom stereocenters. The third-order valence-electron chi connectivity index (χ3n) is 1.10. The van der Waals surface area contributed by atoms with Gasteiger partial charge in [-0.3, -0.25) is 0 Å². The third kappa shape index (κ3) is 1.10. The maximum atomic E-state index is 8.09. The van der Waals surface area contributed by atoms with Gasteiger partial charge in [-0.2, -0.15) is 0 Å². The highest BCUT2D eigenvalue weighted by molar-refractivity contribution is 5.79. The van der Waals surface area contributed by atoms with Crippen LogP contribution in [-0.4, -0.2) is 11.4 Å². The van der Waals surface area contributed by atoms with Crippen LogP contribution >= 0.6 is 0 Å². The zero-order valence-corrected chi connectivity index (χ0v) is 5.03. The van der Waals surface area contributed by atoms with Crippen LogP contribution in [0.3, 0.4) is 0 Å². The molecular weight excluding hydrogens is 118 g/mol. The molecule has 3 heteroatoms. The first kappa shape index (κ1) is 5.88. The second-order valence-electron chi connectivity index (χ2n) is 1.68. The molecule has 0 atom stereocenters. The minimum Gasteiger partial charge on any atom is -0.469 e. The number of oxime groups is 1. The molecule has 0 aromatic carbocycles. The van der Waals surface area contributed by atoms with Gasteiger partial charge in [-0.05, 0) is 13.0 Å². The monoisotopic (exact) mass is 125 g/mol. The fraction of sp³-hybridized carbons (Fsp3) is 0.167. The summed E-state index contributed by atoms with van der Waals surface area (Å²) in [6, 6.07) is 1.73. The molecule has 0 saturated heterocycles. The lowest BCUT2D eigenvalue weighted by Crippen LogP contribution is -1.77. The van der Waals surface area contributed by atoms with Crippen molar-refractivity contribution in [2.45, 2.75) is 6.92 Å². The normalized spacial score (nSPS) is 10.8. The molecule has 0 aliphatic heterocycles. The van der Waals surface area contributed by atoms with E-state index >= 15 is 0 Å². The Balaban J connectivity index is 2.94. The van der Waals surface area contributed by atoms with Crippen LogP contribution in [-0.2, 0) is 0 Å². The maximum absolute atomic E-state index is 8.09. The van der Waals surface area contributed by atoms with Crippen LogP contribution in [0, 0.1) is 6.92 Å². The highest BCUT2D eigenvalue weighted by atomic mass is 16.4. The fourth-order valence-corrected chi connectivity index (χ4v) is 0.591. The van der Waals surface area contributed by atoms with Gasteiger partial charge in [0, 0.05) is 5.56 Å². The molecule has 1 aromatic rings. The predicted molar refractivity (Wildman–Crippen MR) is 32.8 cm³/mol. The van der Waals surface area contributed by atoms with Crippen molar-refractivity contribution < 1.29 is 9.62 Å². The first-order chi connectivity index (χ1) is 4.34. The van der Waals surface area contributed by atoms with Crippen molar-refractivity contribution in [3.8, 4) is 0 Å². The molecule has 0 radical (unpaired) electrons. The van der Waals surface area contributed by atoms with Crippen molar-refractivity contribution in [2.75, 3.05) is 0 Å². The smallest absolute Gasteiger partial charge is 0.109 e. The highest BCUT2D eigenvalue weighted by Crippen LogP contribution is 2.04. The number of hydrogen-bond donors (Lipinski definition) is 1. The van der Waals surface area contributed by atoms with Crippen molar-refractivity contribution in [3.05, 3.63) is 23.7 Å². The Morgan fingerprint density at radius 2 is 2.56 bits per heavy atom. The molecular formula is C6H7NO2. The van der Waals surface area contributed by atoms with E-state index < -0.39 is 0 Å². The largest absolute Gasteiger partial charge is 0.469 e. The molecule has 48 valence electrons. The molecule has 0 spiro atoms. The van der Waals surface area contributed by atoms with Gasteiger partial charge in [-0.25, -0.2) is 0 Å². The molecule has 3 nitrogen and oxygen atoms in total. The summed E-state index contributed by atoms with van der Waals surface area (Å²) >= 11 is 0. The fourth-order valence-electron chi connectivity index (χ4n) is 0.591. The first-order valence-corrected chi connectivity index (χ1v) is 2.56. The van der Waals surface area contributed by atoms with E-state index in [4.69, 9.17) is 9.62 Å². The topological polar surface area (TPSA) is 45.7 Å². The van der Waals surface area contributed by atoms with Gasteiger partial charge in [0.15, 0.2) is 0 Å². The molecule has 0 saturated carbocycles. The second kappa shape index (κ2) is 2.35. The van der Waals surface area contributed by atoms with Crippen LogP contribution < -0.4 is 0 Å². The summed E-state index contributed by atoms with van der Waals surface area (Å²) in [5.74, 6) is 0.757. The quantitative estimate of drug-likeness (QED) is 0.350. The van der Waals surface area contributed by atoms with Gasteiger partial charge < -0.3 is 9.62 Å². The lowest BCUT2D eigenvalue weighted by Gasteiger charge is -1.82. The van der Waals surface area contributed by atoms with E-state index in [0.29, 0.717) is 0 Å². The standard InChI is InChI=1S/C6H7NO2/c1-5-6(4-7-8)2-3-9-5/h2-4,8H,1H3/b7-4+. The predicted octanol–water partition coefficient (Wildman–Crippen LogP) is 1.40. The lowest BCUT2D eigenvalue weighted by atomic mass is 10.3. The van der Waals surface area contributed by atoms with Crippen molar-refractivity contribution >= 4 is 6.21 Å². The molecule has 0 aliphatic rings. The Morgan fingerprint density at radius 1 is 1.78 bits per heavy atom.